The molecular weight excluding hydrogens is 380 g/mol. The minimum Gasteiger partial charge on any atom is -0.508 e. The lowest BCUT2D eigenvalue weighted by molar-refractivity contribution is 0.0737. The average molecular weight is 413 g/mol. The molecule has 1 unspecified atom stereocenters. The maximum Gasteiger partial charge on any atom is 0.255 e. The van der Waals surface area contributed by atoms with Gasteiger partial charge in [-0.25, -0.2) is 0 Å². The summed E-state index contributed by atoms with van der Waals surface area (Å²) in [5.74, 6) is 0.345. The quantitative estimate of drug-likeness (QED) is 0.762. The van der Waals surface area contributed by atoms with Crippen LogP contribution in [0.4, 0.5) is 5.69 Å². The minimum absolute atomic E-state index is 0.0471. The summed E-state index contributed by atoms with van der Waals surface area (Å²) < 4.78 is 1.98. The number of piperazine rings is 1. The fourth-order valence-electron chi connectivity index (χ4n) is 4.45. The number of anilines is 1. The van der Waals surface area contributed by atoms with Crippen LogP contribution in [0.3, 0.4) is 0 Å². The Morgan fingerprint density at radius 1 is 1.00 bits per heavy atom. The van der Waals surface area contributed by atoms with Crippen LogP contribution in [0, 0.1) is 0 Å². The first-order valence-electron chi connectivity index (χ1n) is 11.0. The van der Waals surface area contributed by atoms with E-state index in [1.165, 1.54) is 0 Å². The molecule has 1 aromatic heterocycles. The first-order chi connectivity index (χ1) is 14.5. The van der Waals surface area contributed by atoms with Crippen molar-refractivity contribution in [3.05, 3.63) is 47.8 Å². The van der Waals surface area contributed by atoms with Gasteiger partial charge in [0, 0.05) is 69.5 Å². The molecule has 3 heterocycles. The van der Waals surface area contributed by atoms with Crippen molar-refractivity contribution in [3.63, 3.8) is 0 Å². The largest absolute Gasteiger partial charge is 0.508 e. The van der Waals surface area contributed by atoms with Crippen molar-refractivity contribution in [1.82, 2.24) is 14.4 Å². The molecule has 7 nitrogen and oxygen atoms in total. The predicted molar refractivity (Wildman–Crippen MR) is 117 cm³/mol. The number of aliphatic hydroxyl groups is 1. The third-order valence-corrected chi connectivity index (χ3v) is 6.31. The second-order valence-corrected chi connectivity index (χ2v) is 8.25. The highest BCUT2D eigenvalue weighted by atomic mass is 16.3. The molecule has 1 aromatic carbocycles. The number of aryl methyl sites for hydroxylation is 1. The molecule has 2 aliphatic heterocycles. The van der Waals surface area contributed by atoms with E-state index < -0.39 is 6.10 Å². The number of carbonyl (C=O) groups excluding carboxylic acids is 1. The summed E-state index contributed by atoms with van der Waals surface area (Å²) in [6.45, 7) is 9.06. The predicted octanol–water partition coefficient (Wildman–Crippen LogP) is 2.31. The van der Waals surface area contributed by atoms with Crippen LogP contribution in [0.15, 0.2) is 36.7 Å². The van der Waals surface area contributed by atoms with Crippen LogP contribution in [0.1, 0.15) is 41.8 Å². The molecule has 0 bridgehead atoms. The summed E-state index contributed by atoms with van der Waals surface area (Å²) in [5, 5.41) is 19.9. The van der Waals surface area contributed by atoms with E-state index in [-0.39, 0.29) is 5.91 Å². The molecule has 1 fully saturated rings. The molecule has 0 saturated carbocycles. The number of rotatable bonds is 6. The van der Waals surface area contributed by atoms with Crippen molar-refractivity contribution in [2.45, 2.75) is 32.4 Å². The van der Waals surface area contributed by atoms with Crippen LogP contribution in [0.25, 0.3) is 0 Å². The van der Waals surface area contributed by atoms with Crippen molar-refractivity contribution in [1.29, 1.82) is 0 Å². The van der Waals surface area contributed by atoms with E-state index in [1.807, 2.05) is 40.9 Å². The first-order valence-corrected chi connectivity index (χ1v) is 11.0. The maximum absolute atomic E-state index is 13.0. The molecule has 0 spiro atoms. The molecule has 7 heteroatoms. The number of aliphatic hydroxyl groups excluding tert-OH is 1. The molecule has 1 saturated heterocycles. The molecule has 30 heavy (non-hydrogen) atoms. The Labute approximate surface area is 178 Å². The number of benzene rings is 1. The van der Waals surface area contributed by atoms with Crippen molar-refractivity contribution >= 4 is 11.6 Å². The van der Waals surface area contributed by atoms with E-state index in [2.05, 4.69) is 9.80 Å². The van der Waals surface area contributed by atoms with Gasteiger partial charge < -0.3 is 24.6 Å². The van der Waals surface area contributed by atoms with Gasteiger partial charge in [-0.1, -0.05) is 0 Å². The number of aromatic nitrogens is 1. The van der Waals surface area contributed by atoms with Gasteiger partial charge in [0.25, 0.3) is 5.91 Å². The fourth-order valence-corrected chi connectivity index (χ4v) is 4.45. The number of nitrogens with zero attached hydrogens (tertiary/aromatic N) is 4. The summed E-state index contributed by atoms with van der Waals surface area (Å²) >= 11 is 0. The van der Waals surface area contributed by atoms with E-state index >= 15 is 0 Å². The van der Waals surface area contributed by atoms with Gasteiger partial charge in [-0.3, -0.25) is 9.69 Å². The van der Waals surface area contributed by atoms with Crippen LogP contribution >= 0.6 is 0 Å². The third kappa shape index (κ3) is 4.47. The third-order valence-electron chi connectivity index (χ3n) is 6.31. The van der Waals surface area contributed by atoms with Crippen LogP contribution in [0.5, 0.6) is 5.75 Å². The van der Waals surface area contributed by atoms with Gasteiger partial charge in [0.2, 0.25) is 0 Å². The van der Waals surface area contributed by atoms with Crippen molar-refractivity contribution in [3.8, 4) is 5.75 Å². The topological polar surface area (TPSA) is 72.2 Å². The van der Waals surface area contributed by atoms with Gasteiger partial charge in [-0.05, 0) is 50.6 Å². The lowest BCUT2D eigenvalue weighted by atomic mass is 10.1. The number of phenolic OH excluding ortho intramolecular Hbond substituents is 1. The van der Waals surface area contributed by atoms with Gasteiger partial charge in [-0.15, -0.1) is 0 Å². The Morgan fingerprint density at radius 2 is 1.73 bits per heavy atom. The second kappa shape index (κ2) is 9.10. The van der Waals surface area contributed by atoms with Crippen LogP contribution in [-0.2, 0) is 6.54 Å². The minimum atomic E-state index is -0.560. The van der Waals surface area contributed by atoms with Gasteiger partial charge >= 0.3 is 0 Å². The van der Waals surface area contributed by atoms with E-state index in [9.17, 15) is 15.0 Å². The molecule has 1 atom stereocenters. The highest BCUT2D eigenvalue weighted by Crippen LogP contribution is 2.27. The van der Waals surface area contributed by atoms with Crippen molar-refractivity contribution in [2.24, 2.45) is 0 Å². The van der Waals surface area contributed by atoms with Crippen LogP contribution < -0.4 is 4.90 Å². The van der Waals surface area contributed by atoms with Crippen LogP contribution in [0.2, 0.25) is 0 Å². The smallest absolute Gasteiger partial charge is 0.255 e. The number of phenols is 1. The fraction of sp³-hybridized carbons (Fsp3) is 0.522. The van der Waals surface area contributed by atoms with Crippen LogP contribution in [-0.4, -0.2) is 76.3 Å². The Balaban J connectivity index is 1.26. The van der Waals surface area contributed by atoms with E-state index in [1.54, 1.807) is 12.1 Å². The summed E-state index contributed by atoms with van der Waals surface area (Å²) in [5.41, 5.74) is 2.58. The number of hydrogen-bond acceptors (Lipinski definition) is 5. The zero-order chi connectivity index (χ0) is 21.1. The summed E-state index contributed by atoms with van der Waals surface area (Å²) in [6.07, 6.45) is 4.76. The monoisotopic (exact) mass is 412 g/mol. The molecule has 0 aliphatic carbocycles. The highest BCUT2D eigenvalue weighted by molar-refractivity contribution is 5.96. The van der Waals surface area contributed by atoms with Gasteiger partial charge in [0.1, 0.15) is 5.75 Å². The lowest BCUT2D eigenvalue weighted by Crippen LogP contribution is -2.47. The van der Waals surface area contributed by atoms with Crippen molar-refractivity contribution < 1.29 is 15.0 Å². The second-order valence-electron chi connectivity index (χ2n) is 8.25. The SMILES string of the molecule is CCn1cc2c(c1)C(O)CCN(CCCN1CCN(c3ccc(O)cc3)CC1)C2=O. The average Bonchev–Trinajstić information content (AvgIpc) is 3.17. The molecule has 2 N–H and O–H groups in total. The Morgan fingerprint density at radius 3 is 2.43 bits per heavy atom. The van der Waals surface area contributed by atoms with Gasteiger partial charge in [0.05, 0.1) is 11.7 Å². The van der Waals surface area contributed by atoms with E-state index in [0.29, 0.717) is 24.3 Å². The molecule has 4 rings (SSSR count). The number of fused-ring (bicyclic) bond motifs is 1. The molecular formula is C23H32N4O3. The van der Waals surface area contributed by atoms with Gasteiger partial charge in [-0.2, -0.15) is 0 Å². The van der Waals surface area contributed by atoms with E-state index in [0.717, 1.165) is 63.5 Å². The van der Waals surface area contributed by atoms with E-state index in [4.69, 9.17) is 0 Å². The molecule has 2 aliphatic rings. The Kier molecular flexibility index (Phi) is 6.29. The maximum atomic E-state index is 13.0. The Bertz CT molecular complexity index is 856. The zero-order valence-corrected chi connectivity index (χ0v) is 17.7. The number of amides is 1. The highest BCUT2D eigenvalue weighted by Gasteiger charge is 2.28. The zero-order valence-electron chi connectivity index (χ0n) is 17.7. The van der Waals surface area contributed by atoms with Crippen molar-refractivity contribution in [2.75, 3.05) is 50.7 Å². The molecule has 162 valence electrons. The number of hydrogen-bond donors (Lipinski definition) is 2. The first kappa shape index (κ1) is 20.8. The molecule has 0 radical (unpaired) electrons. The Hall–Kier alpha value is -2.51. The normalized spacial score (nSPS) is 20.3. The number of carbonyl (C=O) groups is 1. The summed E-state index contributed by atoms with van der Waals surface area (Å²) in [6, 6.07) is 7.39. The summed E-state index contributed by atoms with van der Waals surface area (Å²) in [4.78, 5) is 19.7. The molecule has 2 aromatic rings. The number of aromatic hydroxyl groups is 1. The lowest BCUT2D eigenvalue weighted by Gasteiger charge is -2.36. The summed E-state index contributed by atoms with van der Waals surface area (Å²) in [7, 11) is 0. The standard InChI is InChI=1S/C23H32N4O3/c1-2-24-16-20-21(17-24)23(30)27(11-8-22(20)29)10-3-9-25-12-14-26(15-13-25)18-4-6-19(28)7-5-18/h4-7,16-17,22,28-29H,2-3,8-15H2,1H3. The van der Waals surface area contributed by atoms with Gasteiger partial charge in [0.15, 0.2) is 0 Å². The molecule has 1 amide bonds.